The summed E-state index contributed by atoms with van der Waals surface area (Å²) >= 11 is 0. The maximum atomic E-state index is 12.7. The van der Waals surface area contributed by atoms with Crippen molar-refractivity contribution in [3.8, 4) is 17.2 Å². The van der Waals surface area contributed by atoms with Crippen LogP contribution in [-0.2, 0) is 16.1 Å². The number of nitrogens with zero attached hydrogens (tertiary/aromatic N) is 5. The molecule has 2 amide bonds. The first-order valence-electron chi connectivity index (χ1n) is 10.3. The van der Waals surface area contributed by atoms with Crippen molar-refractivity contribution in [1.29, 1.82) is 0 Å². The number of hydrogen-bond acceptors (Lipinski definition) is 7. The normalized spacial score (nSPS) is 15.6. The quantitative estimate of drug-likeness (QED) is 0.572. The first-order valence-corrected chi connectivity index (χ1v) is 10.3. The van der Waals surface area contributed by atoms with E-state index in [1.54, 1.807) is 28.8 Å². The SMILES string of the molecule is CCOc1ccc(-n2nnnc2CNC(=O)C2CC(=O)N(c3ccc(OC)cc3)C2)cc1. The van der Waals surface area contributed by atoms with E-state index in [9.17, 15) is 9.59 Å². The summed E-state index contributed by atoms with van der Waals surface area (Å²) in [5, 5.41) is 14.6. The van der Waals surface area contributed by atoms with Gasteiger partial charge in [0.25, 0.3) is 0 Å². The first-order chi connectivity index (χ1) is 15.6. The molecule has 1 aliphatic heterocycles. The zero-order valence-corrected chi connectivity index (χ0v) is 17.9. The minimum Gasteiger partial charge on any atom is -0.497 e. The van der Waals surface area contributed by atoms with Crippen LogP contribution in [0.15, 0.2) is 48.5 Å². The summed E-state index contributed by atoms with van der Waals surface area (Å²) in [5.41, 5.74) is 1.50. The molecule has 1 aliphatic rings. The highest BCUT2D eigenvalue weighted by atomic mass is 16.5. The molecule has 0 aliphatic carbocycles. The average Bonchev–Trinajstić information content (AvgIpc) is 3.45. The highest BCUT2D eigenvalue weighted by molar-refractivity contribution is 6.00. The van der Waals surface area contributed by atoms with Crippen LogP contribution in [0.2, 0.25) is 0 Å². The topological polar surface area (TPSA) is 111 Å². The second kappa shape index (κ2) is 9.46. The highest BCUT2D eigenvalue weighted by Gasteiger charge is 2.35. The lowest BCUT2D eigenvalue weighted by Gasteiger charge is -2.17. The van der Waals surface area contributed by atoms with E-state index in [1.165, 1.54) is 0 Å². The van der Waals surface area contributed by atoms with Gasteiger partial charge in [-0.1, -0.05) is 0 Å². The second-order valence-electron chi connectivity index (χ2n) is 7.26. The van der Waals surface area contributed by atoms with Crippen LogP contribution in [0.1, 0.15) is 19.2 Å². The number of carbonyl (C=O) groups is 2. The van der Waals surface area contributed by atoms with Gasteiger partial charge >= 0.3 is 0 Å². The lowest BCUT2D eigenvalue weighted by atomic mass is 10.1. The van der Waals surface area contributed by atoms with Gasteiger partial charge < -0.3 is 19.7 Å². The molecule has 0 spiro atoms. The number of amides is 2. The second-order valence-corrected chi connectivity index (χ2v) is 7.26. The predicted molar refractivity (Wildman–Crippen MR) is 116 cm³/mol. The number of hydrogen-bond donors (Lipinski definition) is 1. The van der Waals surface area contributed by atoms with Crippen molar-refractivity contribution in [2.45, 2.75) is 19.9 Å². The summed E-state index contributed by atoms with van der Waals surface area (Å²) < 4.78 is 12.2. The molecule has 3 aromatic rings. The predicted octanol–water partition coefficient (Wildman–Crippen LogP) is 1.74. The molecule has 1 fully saturated rings. The lowest BCUT2D eigenvalue weighted by molar-refractivity contribution is -0.126. The fraction of sp³-hybridized carbons (Fsp3) is 0.318. The number of anilines is 1. The van der Waals surface area contributed by atoms with E-state index in [2.05, 4.69) is 20.8 Å². The van der Waals surface area contributed by atoms with Crippen LogP contribution in [-0.4, -0.2) is 52.3 Å². The Hall–Kier alpha value is -3.95. The van der Waals surface area contributed by atoms with E-state index < -0.39 is 5.92 Å². The van der Waals surface area contributed by atoms with Crippen LogP contribution in [0.25, 0.3) is 5.69 Å². The molecule has 1 unspecified atom stereocenters. The molecule has 0 saturated carbocycles. The Morgan fingerprint density at radius 3 is 2.47 bits per heavy atom. The van der Waals surface area contributed by atoms with Crippen molar-refractivity contribution in [3.05, 3.63) is 54.4 Å². The number of tetrazole rings is 1. The summed E-state index contributed by atoms with van der Waals surface area (Å²) in [6, 6.07) is 14.5. The van der Waals surface area contributed by atoms with Gasteiger partial charge in [-0.2, -0.15) is 4.68 Å². The van der Waals surface area contributed by atoms with Crippen LogP contribution in [0, 0.1) is 5.92 Å². The van der Waals surface area contributed by atoms with E-state index in [1.807, 2.05) is 43.3 Å². The number of aromatic nitrogens is 4. The van der Waals surface area contributed by atoms with E-state index in [4.69, 9.17) is 9.47 Å². The first kappa shape index (κ1) is 21.3. The molecular formula is C22H24N6O4. The molecule has 0 bridgehead atoms. The Bertz CT molecular complexity index is 1080. The monoisotopic (exact) mass is 436 g/mol. The molecule has 1 atom stereocenters. The van der Waals surface area contributed by atoms with Gasteiger partial charge in [0, 0.05) is 18.7 Å². The zero-order valence-electron chi connectivity index (χ0n) is 17.9. The molecule has 1 N–H and O–H groups in total. The standard InChI is InChI=1S/C22H24N6O4/c1-3-32-19-10-6-17(7-11-19)28-20(24-25-26-28)13-23-22(30)15-12-21(29)27(14-15)16-4-8-18(31-2)9-5-16/h4-11,15H,3,12-14H2,1-2H3,(H,23,30). The molecule has 0 radical (unpaired) electrons. The molecule has 1 saturated heterocycles. The summed E-state index contributed by atoms with van der Waals surface area (Å²) in [5.74, 6) is 1.20. The molecule has 2 aromatic carbocycles. The fourth-order valence-corrected chi connectivity index (χ4v) is 3.57. The molecular weight excluding hydrogens is 412 g/mol. The number of ether oxygens (including phenoxy) is 2. The molecule has 32 heavy (non-hydrogen) atoms. The summed E-state index contributed by atoms with van der Waals surface area (Å²) in [7, 11) is 1.59. The van der Waals surface area contributed by atoms with Gasteiger partial charge in [-0.15, -0.1) is 5.10 Å². The molecule has 10 heteroatoms. The van der Waals surface area contributed by atoms with Crippen LogP contribution < -0.4 is 19.7 Å². The fourth-order valence-electron chi connectivity index (χ4n) is 3.57. The van der Waals surface area contributed by atoms with Gasteiger partial charge in [0.05, 0.1) is 31.9 Å². The Balaban J connectivity index is 1.37. The molecule has 10 nitrogen and oxygen atoms in total. The number of carbonyl (C=O) groups excluding carboxylic acids is 2. The van der Waals surface area contributed by atoms with Gasteiger partial charge in [0.15, 0.2) is 5.82 Å². The smallest absolute Gasteiger partial charge is 0.227 e. The van der Waals surface area contributed by atoms with Crippen LogP contribution in [0.5, 0.6) is 11.5 Å². The van der Waals surface area contributed by atoms with Gasteiger partial charge in [-0.3, -0.25) is 9.59 Å². The minimum atomic E-state index is -0.445. The molecule has 1 aromatic heterocycles. The number of rotatable bonds is 8. The Kier molecular flexibility index (Phi) is 6.29. The molecule has 4 rings (SSSR count). The van der Waals surface area contributed by atoms with Crippen molar-refractivity contribution in [1.82, 2.24) is 25.5 Å². The summed E-state index contributed by atoms with van der Waals surface area (Å²) in [4.78, 5) is 26.8. The van der Waals surface area contributed by atoms with Crippen LogP contribution in [0.3, 0.4) is 0 Å². The van der Waals surface area contributed by atoms with Crippen molar-refractivity contribution in [3.63, 3.8) is 0 Å². The maximum absolute atomic E-state index is 12.7. The summed E-state index contributed by atoms with van der Waals surface area (Å²) in [6.45, 7) is 2.97. The Morgan fingerprint density at radius 2 is 1.78 bits per heavy atom. The third-order valence-electron chi connectivity index (χ3n) is 5.23. The van der Waals surface area contributed by atoms with E-state index in [0.29, 0.717) is 24.7 Å². The van der Waals surface area contributed by atoms with Crippen molar-refractivity contribution < 1.29 is 19.1 Å². The zero-order chi connectivity index (χ0) is 22.5. The third kappa shape index (κ3) is 4.53. The van der Waals surface area contributed by atoms with Crippen LogP contribution >= 0.6 is 0 Å². The largest absolute Gasteiger partial charge is 0.497 e. The van der Waals surface area contributed by atoms with Gasteiger partial charge in [-0.25, -0.2) is 0 Å². The van der Waals surface area contributed by atoms with Gasteiger partial charge in [0.1, 0.15) is 11.5 Å². The van der Waals surface area contributed by atoms with Gasteiger partial charge in [0.2, 0.25) is 11.8 Å². The number of benzene rings is 2. The number of methoxy groups -OCH3 is 1. The molecule has 2 heterocycles. The summed E-state index contributed by atoms with van der Waals surface area (Å²) in [6.07, 6.45) is 0.154. The third-order valence-corrected chi connectivity index (χ3v) is 5.23. The van der Waals surface area contributed by atoms with Gasteiger partial charge in [-0.05, 0) is 65.9 Å². The van der Waals surface area contributed by atoms with Crippen molar-refractivity contribution in [2.75, 3.05) is 25.2 Å². The van der Waals surface area contributed by atoms with Crippen molar-refractivity contribution in [2.24, 2.45) is 5.92 Å². The average molecular weight is 436 g/mol. The Labute approximate surface area is 185 Å². The van der Waals surface area contributed by atoms with Crippen LogP contribution in [0.4, 0.5) is 5.69 Å². The maximum Gasteiger partial charge on any atom is 0.227 e. The lowest BCUT2D eigenvalue weighted by Crippen LogP contribution is -2.33. The molecule has 166 valence electrons. The minimum absolute atomic E-state index is 0.0884. The Morgan fingerprint density at radius 1 is 1.09 bits per heavy atom. The van der Waals surface area contributed by atoms with E-state index in [-0.39, 0.29) is 24.8 Å². The van der Waals surface area contributed by atoms with E-state index >= 15 is 0 Å². The van der Waals surface area contributed by atoms with Crippen molar-refractivity contribution >= 4 is 17.5 Å². The number of nitrogens with one attached hydrogen (secondary N) is 1. The highest BCUT2D eigenvalue weighted by Crippen LogP contribution is 2.27. The van der Waals surface area contributed by atoms with E-state index in [0.717, 1.165) is 17.1 Å².